The average molecular weight is 310 g/mol. The lowest BCUT2D eigenvalue weighted by Crippen LogP contribution is -2.41. The number of guanidine groups is 1. The highest BCUT2D eigenvalue weighted by Crippen LogP contribution is 2.25. The largest absolute Gasteiger partial charge is 0.357 e. The smallest absolute Gasteiger partial charge is 0.220 e. The highest BCUT2D eigenvalue weighted by Gasteiger charge is 2.16. The van der Waals surface area contributed by atoms with Crippen LogP contribution in [0.15, 0.2) is 4.99 Å². The molecule has 0 atom stereocenters. The zero-order valence-electron chi connectivity index (χ0n) is 14.4. The molecule has 0 bridgehead atoms. The van der Waals surface area contributed by atoms with Crippen LogP contribution in [0.2, 0.25) is 0 Å². The number of nitrogens with one attached hydrogen (secondary N) is 3. The first-order valence-corrected chi connectivity index (χ1v) is 9.05. The van der Waals surface area contributed by atoms with Gasteiger partial charge in [-0.2, -0.15) is 0 Å². The highest BCUT2D eigenvalue weighted by atomic mass is 16.1. The van der Waals surface area contributed by atoms with Crippen LogP contribution in [0.3, 0.4) is 0 Å². The second-order valence-corrected chi connectivity index (χ2v) is 6.10. The monoisotopic (exact) mass is 310 g/mol. The Kier molecular flexibility index (Phi) is 10.5. The molecular formula is C17H34N4O. The quantitative estimate of drug-likeness (QED) is 0.348. The maximum Gasteiger partial charge on any atom is 0.220 e. The third-order valence-corrected chi connectivity index (χ3v) is 4.06. The van der Waals surface area contributed by atoms with E-state index >= 15 is 0 Å². The van der Waals surface area contributed by atoms with Crippen LogP contribution in [0.1, 0.15) is 65.2 Å². The van der Waals surface area contributed by atoms with E-state index in [1.165, 1.54) is 32.1 Å². The van der Waals surface area contributed by atoms with Crippen LogP contribution in [0.5, 0.6) is 0 Å². The second-order valence-electron chi connectivity index (χ2n) is 6.10. The minimum atomic E-state index is 0.196. The Labute approximate surface area is 135 Å². The van der Waals surface area contributed by atoms with Gasteiger partial charge in [-0.15, -0.1) is 0 Å². The lowest BCUT2D eigenvalue weighted by Gasteiger charge is -2.20. The lowest BCUT2D eigenvalue weighted by molar-refractivity contribution is -0.122. The first-order valence-electron chi connectivity index (χ1n) is 9.05. The summed E-state index contributed by atoms with van der Waals surface area (Å²) in [6, 6.07) is 0. The van der Waals surface area contributed by atoms with Gasteiger partial charge in [0.05, 0.1) is 0 Å². The zero-order valence-corrected chi connectivity index (χ0v) is 14.4. The Balaban J connectivity index is 2.13. The Morgan fingerprint density at radius 3 is 2.45 bits per heavy atom. The molecule has 0 aliphatic heterocycles. The molecule has 0 aromatic heterocycles. The third-order valence-electron chi connectivity index (χ3n) is 4.06. The molecule has 1 saturated carbocycles. The fraction of sp³-hybridized carbons (Fsp3) is 0.882. The van der Waals surface area contributed by atoms with E-state index in [2.05, 4.69) is 34.8 Å². The molecule has 1 aliphatic rings. The number of hydrogen-bond donors (Lipinski definition) is 3. The first kappa shape index (κ1) is 18.8. The predicted molar refractivity (Wildman–Crippen MR) is 93.1 cm³/mol. The molecule has 5 nitrogen and oxygen atoms in total. The molecule has 0 saturated heterocycles. The normalized spacial score (nSPS) is 16.4. The van der Waals surface area contributed by atoms with E-state index in [-0.39, 0.29) is 5.91 Å². The van der Waals surface area contributed by atoms with Crippen molar-refractivity contribution in [1.82, 2.24) is 16.0 Å². The summed E-state index contributed by atoms with van der Waals surface area (Å²) in [5.74, 6) is 1.65. The van der Waals surface area contributed by atoms with Crippen LogP contribution in [0, 0.1) is 5.92 Å². The van der Waals surface area contributed by atoms with Gasteiger partial charge in [-0.3, -0.25) is 9.79 Å². The van der Waals surface area contributed by atoms with Crippen molar-refractivity contribution in [2.24, 2.45) is 10.9 Å². The Morgan fingerprint density at radius 1 is 1.05 bits per heavy atom. The van der Waals surface area contributed by atoms with Crippen molar-refractivity contribution < 1.29 is 4.79 Å². The van der Waals surface area contributed by atoms with E-state index in [9.17, 15) is 4.79 Å². The van der Waals surface area contributed by atoms with E-state index in [1.54, 1.807) is 0 Å². The van der Waals surface area contributed by atoms with E-state index < -0.39 is 0 Å². The summed E-state index contributed by atoms with van der Waals surface area (Å²) in [4.78, 5) is 16.4. The molecule has 0 heterocycles. The molecule has 1 fully saturated rings. The standard InChI is InChI=1S/C17H34N4O/c1-3-5-11-20-17(18-4-2)21-13-12-19-16(22)14-15-9-7-6-8-10-15/h15H,3-14H2,1-2H3,(H,19,22)(H2,18,20,21). The summed E-state index contributed by atoms with van der Waals surface area (Å²) >= 11 is 0. The Bertz CT molecular complexity index is 325. The molecule has 3 N–H and O–H groups in total. The Hall–Kier alpha value is -1.26. The van der Waals surface area contributed by atoms with Crippen molar-refractivity contribution in [2.75, 3.05) is 26.2 Å². The molecule has 0 aromatic rings. The second kappa shape index (κ2) is 12.3. The molecule has 0 radical (unpaired) electrons. The summed E-state index contributed by atoms with van der Waals surface area (Å²) in [6.45, 7) is 7.30. The van der Waals surface area contributed by atoms with Gasteiger partial charge in [0.2, 0.25) is 5.91 Å². The van der Waals surface area contributed by atoms with Crippen molar-refractivity contribution >= 4 is 11.9 Å². The fourth-order valence-electron chi connectivity index (χ4n) is 2.80. The third kappa shape index (κ3) is 8.90. The highest BCUT2D eigenvalue weighted by molar-refractivity contribution is 5.80. The zero-order chi connectivity index (χ0) is 16.0. The maximum absolute atomic E-state index is 11.9. The van der Waals surface area contributed by atoms with Crippen LogP contribution in [-0.2, 0) is 4.79 Å². The lowest BCUT2D eigenvalue weighted by atomic mass is 9.87. The van der Waals surface area contributed by atoms with Crippen LogP contribution >= 0.6 is 0 Å². The van der Waals surface area contributed by atoms with Crippen LogP contribution < -0.4 is 16.0 Å². The van der Waals surface area contributed by atoms with Crippen LogP contribution in [0.4, 0.5) is 0 Å². The minimum absolute atomic E-state index is 0.196. The van der Waals surface area contributed by atoms with Crippen molar-refractivity contribution in [1.29, 1.82) is 0 Å². The van der Waals surface area contributed by atoms with Gasteiger partial charge in [-0.25, -0.2) is 0 Å². The maximum atomic E-state index is 11.9. The molecule has 0 aromatic carbocycles. The Morgan fingerprint density at radius 2 is 1.77 bits per heavy atom. The summed E-state index contributed by atoms with van der Waals surface area (Å²) in [5, 5.41) is 9.49. The van der Waals surface area contributed by atoms with Gasteiger partial charge < -0.3 is 16.0 Å². The van der Waals surface area contributed by atoms with E-state index in [0.29, 0.717) is 25.4 Å². The van der Waals surface area contributed by atoms with Crippen molar-refractivity contribution in [3.63, 3.8) is 0 Å². The molecule has 22 heavy (non-hydrogen) atoms. The number of hydrogen-bond acceptors (Lipinski definition) is 2. The topological polar surface area (TPSA) is 65.5 Å². The van der Waals surface area contributed by atoms with Crippen molar-refractivity contribution in [3.05, 3.63) is 0 Å². The van der Waals surface area contributed by atoms with Crippen LogP contribution in [0.25, 0.3) is 0 Å². The number of carbonyl (C=O) groups is 1. The molecule has 1 amide bonds. The van der Waals surface area contributed by atoms with E-state index in [4.69, 9.17) is 0 Å². The molecule has 0 spiro atoms. The summed E-state index contributed by atoms with van der Waals surface area (Å²) in [5.41, 5.74) is 0. The number of unbranched alkanes of at least 4 members (excludes halogenated alkanes) is 1. The number of amides is 1. The molecule has 5 heteroatoms. The molecule has 128 valence electrons. The number of carbonyl (C=O) groups excluding carboxylic acids is 1. The van der Waals surface area contributed by atoms with Gasteiger partial charge in [0.25, 0.3) is 0 Å². The first-order chi connectivity index (χ1) is 10.8. The SMILES string of the molecule is CCCCN=C(NCC)NCCNC(=O)CC1CCCCC1. The summed E-state index contributed by atoms with van der Waals surface area (Å²) < 4.78 is 0. The number of nitrogens with zero attached hydrogens (tertiary/aromatic N) is 1. The van der Waals surface area contributed by atoms with Crippen molar-refractivity contribution in [2.45, 2.75) is 65.2 Å². The van der Waals surface area contributed by atoms with E-state index in [1.807, 2.05) is 0 Å². The van der Waals surface area contributed by atoms with Crippen LogP contribution in [-0.4, -0.2) is 38.0 Å². The van der Waals surface area contributed by atoms with E-state index in [0.717, 1.165) is 31.9 Å². The fourth-order valence-corrected chi connectivity index (χ4v) is 2.80. The van der Waals surface area contributed by atoms with Gasteiger partial charge in [0.15, 0.2) is 5.96 Å². The van der Waals surface area contributed by atoms with Gasteiger partial charge in [-0.05, 0) is 32.1 Å². The molecule has 1 aliphatic carbocycles. The summed E-state index contributed by atoms with van der Waals surface area (Å²) in [7, 11) is 0. The van der Waals surface area contributed by atoms with Gasteiger partial charge in [0.1, 0.15) is 0 Å². The molecular weight excluding hydrogens is 276 g/mol. The number of aliphatic imine (C=N–C) groups is 1. The minimum Gasteiger partial charge on any atom is -0.357 e. The number of rotatable bonds is 9. The summed E-state index contributed by atoms with van der Waals surface area (Å²) in [6.07, 6.45) is 9.33. The molecule has 1 rings (SSSR count). The van der Waals surface area contributed by atoms with Crippen molar-refractivity contribution in [3.8, 4) is 0 Å². The van der Waals surface area contributed by atoms with Gasteiger partial charge in [0, 0.05) is 32.6 Å². The predicted octanol–water partition coefficient (Wildman–Crippen LogP) is 2.43. The van der Waals surface area contributed by atoms with Gasteiger partial charge in [-0.1, -0.05) is 32.6 Å². The molecule has 0 unspecified atom stereocenters. The average Bonchev–Trinajstić information content (AvgIpc) is 2.52. The van der Waals surface area contributed by atoms with Gasteiger partial charge >= 0.3 is 0 Å².